The van der Waals surface area contributed by atoms with Crippen molar-refractivity contribution in [1.82, 2.24) is 5.32 Å². The number of halogens is 1. The number of carbonyl (C=O) groups is 2. The minimum Gasteiger partial charge on any atom is -0.467 e. The van der Waals surface area contributed by atoms with Crippen LogP contribution in [0.1, 0.15) is 5.56 Å². The Hall–Kier alpha value is -1.11. The number of ether oxygens (including phenoxy) is 1. The second-order valence-electron chi connectivity index (χ2n) is 4.22. The first kappa shape index (κ1) is 18.9. The fourth-order valence-electron chi connectivity index (χ4n) is 1.56. The lowest BCUT2D eigenvalue weighted by Crippen LogP contribution is -2.42. The normalized spacial score (nSPS) is 12.1. The Balaban J connectivity index is 2.62. The Morgan fingerprint density at radius 2 is 2.14 bits per heavy atom. The van der Waals surface area contributed by atoms with E-state index in [9.17, 15) is 9.59 Å². The molecule has 0 fully saturated rings. The van der Waals surface area contributed by atoms with Gasteiger partial charge in [0.25, 0.3) is 0 Å². The molecule has 0 aliphatic heterocycles. The van der Waals surface area contributed by atoms with Crippen LogP contribution in [-0.2, 0) is 14.3 Å². The van der Waals surface area contributed by atoms with E-state index in [1.54, 1.807) is 41.7 Å². The highest BCUT2D eigenvalue weighted by Gasteiger charge is 2.20. The van der Waals surface area contributed by atoms with Gasteiger partial charge in [0.2, 0.25) is 5.91 Å². The Morgan fingerprint density at radius 1 is 1.41 bits per heavy atom. The quantitative estimate of drug-likeness (QED) is 0.334. The van der Waals surface area contributed by atoms with Crippen molar-refractivity contribution in [3.05, 3.63) is 40.9 Å². The molecule has 0 aromatic heterocycles. The number of methoxy groups -OCH3 is 1. The van der Waals surface area contributed by atoms with Crippen molar-refractivity contribution in [2.24, 2.45) is 0 Å². The maximum absolute atomic E-state index is 11.9. The Bertz CT molecular complexity index is 537. The number of hydrogen-bond donors (Lipinski definition) is 1. The molecule has 1 unspecified atom stereocenters. The second-order valence-corrected chi connectivity index (χ2v) is 6.89. The van der Waals surface area contributed by atoms with Crippen LogP contribution in [0.15, 0.2) is 30.3 Å². The minimum absolute atomic E-state index is 0.361. The van der Waals surface area contributed by atoms with Crippen molar-refractivity contribution >= 4 is 53.1 Å². The fourth-order valence-corrected chi connectivity index (χ4v) is 3.26. The van der Waals surface area contributed by atoms with Gasteiger partial charge in [-0.2, -0.15) is 11.8 Å². The third kappa shape index (κ3) is 6.77. The Kier molecular flexibility index (Phi) is 9.11. The lowest BCUT2D eigenvalue weighted by atomic mass is 10.2. The van der Waals surface area contributed by atoms with Gasteiger partial charge in [-0.05, 0) is 24.0 Å². The van der Waals surface area contributed by atoms with Gasteiger partial charge in [-0.25, -0.2) is 4.79 Å². The van der Waals surface area contributed by atoms with Crippen LogP contribution in [0.2, 0.25) is 5.02 Å². The smallest absolute Gasteiger partial charge is 0.329 e. The molecule has 0 saturated heterocycles. The number of benzene rings is 1. The van der Waals surface area contributed by atoms with Crippen molar-refractivity contribution in [3.63, 3.8) is 0 Å². The molecule has 0 bridgehead atoms. The maximum atomic E-state index is 11.9. The molecule has 1 rings (SSSR count). The third-order valence-corrected chi connectivity index (χ3v) is 5.13. The molecule has 0 aliphatic carbocycles. The SMILES string of the molecule is COC(=O)C(CSCSC)NC(=O)C=Cc1ccccc1Cl. The Labute approximate surface area is 144 Å². The zero-order valence-corrected chi connectivity index (χ0v) is 14.8. The van der Waals surface area contributed by atoms with Crippen molar-refractivity contribution < 1.29 is 14.3 Å². The van der Waals surface area contributed by atoms with Gasteiger partial charge in [-0.15, -0.1) is 11.8 Å². The van der Waals surface area contributed by atoms with Gasteiger partial charge >= 0.3 is 5.97 Å². The van der Waals surface area contributed by atoms with Gasteiger partial charge in [-0.3, -0.25) is 4.79 Å². The summed E-state index contributed by atoms with van der Waals surface area (Å²) in [7, 11) is 1.31. The van der Waals surface area contributed by atoms with Crippen LogP contribution in [0.4, 0.5) is 0 Å². The van der Waals surface area contributed by atoms with Crippen molar-refractivity contribution in [1.29, 1.82) is 0 Å². The molecule has 7 heteroatoms. The van der Waals surface area contributed by atoms with Gasteiger partial charge in [0.05, 0.1) is 7.11 Å². The van der Waals surface area contributed by atoms with E-state index in [1.807, 2.05) is 18.4 Å². The molecule has 0 aliphatic rings. The number of thioether (sulfide) groups is 2. The summed E-state index contributed by atoms with van der Waals surface area (Å²) in [4.78, 5) is 23.6. The molecule has 4 nitrogen and oxygen atoms in total. The van der Waals surface area contributed by atoms with Crippen LogP contribution >= 0.6 is 35.1 Å². The van der Waals surface area contributed by atoms with Gasteiger partial charge in [-0.1, -0.05) is 29.8 Å². The highest BCUT2D eigenvalue weighted by atomic mass is 35.5. The molecule has 0 spiro atoms. The van der Waals surface area contributed by atoms with E-state index in [-0.39, 0.29) is 5.91 Å². The number of esters is 1. The van der Waals surface area contributed by atoms with Crippen LogP contribution in [0.3, 0.4) is 0 Å². The minimum atomic E-state index is -0.662. The predicted octanol–water partition coefficient (Wildman–Crippen LogP) is 3.06. The summed E-state index contributed by atoms with van der Waals surface area (Å²) >= 11 is 9.23. The first-order valence-corrected chi connectivity index (χ1v) is 9.38. The molecule has 120 valence electrons. The van der Waals surface area contributed by atoms with Gasteiger partial charge in [0.15, 0.2) is 0 Å². The van der Waals surface area contributed by atoms with Gasteiger partial charge < -0.3 is 10.1 Å². The highest BCUT2D eigenvalue weighted by molar-refractivity contribution is 8.15. The van der Waals surface area contributed by atoms with Crippen LogP contribution in [0.5, 0.6) is 0 Å². The standard InChI is InChI=1S/C15H18ClNO3S2/c1-20-15(19)13(9-22-10-21-2)17-14(18)8-7-11-5-3-4-6-12(11)16/h3-8,13H,9-10H2,1-2H3,(H,17,18). The molecule has 0 saturated carbocycles. The van der Waals surface area contributed by atoms with Crippen molar-refractivity contribution in [3.8, 4) is 0 Å². The number of amides is 1. The topological polar surface area (TPSA) is 55.4 Å². The fraction of sp³-hybridized carbons (Fsp3) is 0.333. The van der Waals surface area contributed by atoms with Gasteiger partial charge in [0, 0.05) is 21.9 Å². The molecular weight excluding hydrogens is 342 g/mol. The largest absolute Gasteiger partial charge is 0.467 e. The molecule has 1 aromatic carbocycles. The summed E-state index contributed by atoms with van der Waals surface area (Å²) < 4.78 is 4.71. The van der Waals surface area contributed by atoms with E-state index in [0.717, 1.165) is 10.6 Å². The zero-order valence-electron chi connectivity index (χ0n) is 12.4. The van der Waals surface area contributed by atoms with Gasteiger partial charge in [0.1, 0.15) is 6.04 Å². The highest BCUT2D eigenvalue weighted by Crippen LogP contribution is 2.16. The lowest BCUT2D eigenvalue weighted by molar-refractivity contribution is -0.143. The average Bonchev–Trinajstić information content (AvgIpc) is 2.52. The van der Waals surface area contributed by atoms with Crippen molar-refractivity contribution in [2.45, 2.75) is 6.04 Å². The maximum Gasteiger partial charge on any atom is 0.329 e. The summed E-state index contributed by atoms with van der Waals surface area (Å²) in [6.45, 7) is 0. The molecular formula is C15H18ClNO3S2. The molecule has 1 atom stereocenters. The molecule has 1 amide bonds. The first-order chi connectivity index (χ1) is 10.6. The van der Waals surface area contributed by atoms with Crippen LogP contribution in [-0.4, -0.2) is 42.1 Å². The average molecular weight is 360 g/mol. The molecule has 0 heterocycles. The van der Waals surface area contributed by atoms with E-state index < -0.39 is 12.0 Å². The number of nitrogens with one attached hydrogen (secondary N) is 1. The monoisotopic (exact) mass is 359 g/mol. The van der Waals surface area contributed by atoms with E-state index in [0.29, 0.717) is 10.8 Å². The summed E-state index contributed by atoms with van der Waals surface area (Å²) in [6.07, 6.45) is 4.95. The lowest BCUT2D eigenvalue weighted by Gasteiger charge is -2.14. The van der Waals surface area contributed by atoms with Crippen LogP contribution in [0.25, 0.3) is 6.08 Å². The zero-order chi connectivity index (χ0) is 16.4. The van der Waals surface area contributed by atoms with E-state index >= 15 is 0 Å². The predicted molar refractivity (Wildman–Crippen MR) is 95.3 cm³/mol. The number of carbonyl (C=O) groups excluding carboxylic acids is 2. The van der Waals surface area contributed by atoms with Crippen LogP contribution in [0, 0.1) is 0 Å². The molecule has 22 heavy (non-hydrogen) atoms. The summed E-state index contributed by atoms with van der Waals surface area (Å²) in [6, 6.07) is 6.54. The summed E-state index contributed by atoms with van der Waals surface area (Å²) in [5, 5.41) is 4.05. The molecule has 1 aromatic rings. The van der Waals surface area contributed by atoms with Crippen LogP contribution < -0.4 is 5.32 Å². The summed E-state index contributed by atoms with van der Waals surface area (Å²) in [5.74, 6) is -0.340. The third-order valence-electron chi connectivity index (χ3n) is 2.61. The van der Waals surface area contributed by atoms with E-state index in [2.05, 4.69) is 5.32 Å². The second kappa shape index (κ2) is 10.6. The van der Waals surface area contributed by atoms with E-state index in [1.165, 1.54) is 13.2 Å². The van der Waals surface area contributed by atoms with Crippen molar-refractivity contribution in [2.75, 3.05) is 24.2 Å². The molecule has 0 radical (unpaired) electrons. The number of rotatable bonds is 8. The molecule has 1 N–H and O–H groups in total. The summed E-state index contributed by atoms with van der Waals surface area (Å²) in [5.41, 5.74) is 0.741. The van der Waals surface area contributed by atoms with E-state index in [4.69, 9.17) is 16.3 Å². The Morgan fingerprint density at radius 3 is 2.77 bits per heavy atom. The first-order valence-electron chi connectivity index (χ1n) is 6.46. The number of hydrogen-bond acceptors (Lipinski definition) is 5.